The predicted octanol–water partition coefficient (Wildman–Crippen LogP) is 2.92. The van der Waals surface area contributed by atoms with Crippen molar-refractivity contribution in [3.8, 4) is 0 Å². The van der Waals surface area contributed by atoms with E-state index in [4.69, 9.17) is 0 Å². The first-order valence-corrected chi connectivity index (χ1v) is 7.21. The van der Waals surface area contributed by atoms with Crippen LogP contribution >= 0.6 is 11.3 Å². The van der Waals surface area contributed by atoms with Crippen molar-refractivity contribution in [1.29, 1.82) is 0 Å². The van der Waals surface area contributed by atoms with Crippen LogP contribution in [-0.4, -0.2) is 15.7 Å². The van der Waals surface area contributed by atoms with Gasteiger partial charge in [0.15, 0.2) is 0 Å². The van der Waals surface area contributed by atoms with Gasteiger partial charge in [-0.2, -0.15) is 5.10 Å². The Balaban J connectivity index is 2.19. The molecule has 0 aliphatic rings. The van der Waals surface area contributed by atoms with Crippen LogP contribution in [-0.2, 0) is 7.05 Å². The first-order chi connectivity index (χ1) is 9.00. The molecule has 2 aromatic rings. The minimum atomic E-state index is -0.0577. The second kappa shape index (κ2) is 5.57. The Morgan fingerprint density at radius 2 is 2.21 bits per heavy atom. The van der Waals surface area contributed by atoms with Gasteiger partial charge in [-0.25, -0.2) is 0 Å². The van der Waals surface area contributed by atoms with Crippen molar-refractivity contribution in [1.82, 2.24) is 15.1 Å². The normalized spacial score (nSPS) is 12.7. The Kier molecular flexibility index (Phi) is 4.04. The van der Waals surface area contributed by atoms with Crippen molar-refractivity contribution < 1.29 is 4.79 Å². The highest BCUT2D eigenvalue weighted by Crippen LogP contribution is 2.26. The summed E-state index contributed by atoms with van der Waals surface area (Å²) in [4.78, 5) is 13.5. The third-order valence-corrected chi connectivity index (χ3v) is 4.24. The van der Waals surface area contributed by atoms with E-state index in [1.807, 2.05) is 25.4 Å². The maximum Gasteiger partial charge on any atom is 0.255 e. The van der Waals surface area contributed by atoms with Gasteiger partial charge in [-0.05, 0) is 24.3 Å². The fourth-order valence-corrected chi connectivity index (χ4v) is 2.92. The summed E-state index contributed by atoms with van der Waals surface area (Å²) in [5.74, 6) is 0.289. The number of thiophene rings is 1. The number of nitrogens with one attached hydrogen (secondary N) is 1. The van der Waals surface area contributed by atoms with Crippen molar-refractivity contribution >= 4 is 17.2 Å². The van der Waals surface area contributed by atoms with Crippen LogP contribution in [0.25, 0.3) is 0 Å². The lowest BCUT2D eigenvalue weighted by atomic mass is 10.0. The monoisotopic (exact) mass is 277 g/mol. The van der Waals surface area contributed by atoms with E-state index in [-0.39, 0.29) is 11.9 Å². The molecule has 0 spiro atoms. The first kappa shape index (κ1) is 13.8. The van der Waals surface area contributed by atoms with E-state index in [1.165, 1.54) is 4.88 Å². The maximum atomic E-state index is 12.3. The van der Waals surface area contributed by atoms with Crippen LogP contribution in [0.5, 0.6) is 0 Å². The van der Waals surface area contributed by atoms with E-state index >= 15 is 0 Å². The summed E-state index contributed by atoms with van der Waals surface area (Å²) in [6.07, 6.45) is 1.62. The largest absolute Gasteiger partial charge is 0.344 e. The number of carbonyl (C=O) groups is 1. The van der Waals surface area contributed by atoms with E-state index in [2.05, 4.69) is 30.3 Å². The average molecular weight is 277 g/mol. The Hall–Kier alpha value is -1.62. The molecular formula is C14H19N3OS. The van der Waals surface area contributed by atoms with E-state index in [0.29, 0.717) is 11.5 Å². The molecule has 102 valence electrons. The summed E-state index contributed by atoms with van der Waals surface area (Å²) >= 11 is 1.67. The second-order valence-corrected chi connectivity index (χ2v) is 5.96. The topological polar surface area (TPSA) is 46.9 Å². The molecular weight excluding hydrogens is 258 g/mol. The molecule has 1 N–H and O–H groups in total. The third-order valence-electron chi connectivity index (χ3n) is 3.28. The smallest absolute Gasteiger partial charge is 0.255 e. The summed E-state index contributed by atoms with van der Waals surface area (Å²) in [6, 6.07) is 4.12. The van der Waals surface area contributed by atoms with Crippen LogP contribution in [0.15, 0.2) is 23.7 Å². The Labute approximate surface area is 117 Å². The number of aromatic nitrogens is 2. The van der Waals surface area contributed by atoms with Crippen LogP contribution in [0.2, 0.25) is 0 Å². The number of hydrogen-bond donors (Lipinski definition) is 1. The van der Waals surface area contributed by atoms with E-state index in [0.717, 1.165) is 5.69 Å². The fraction of sp³-hybridized carbons (Fsp3) is 0.429. The van der Waals surface area contributed by atoms with Crippen molar-refractivity contribution in [2.45, 2.75) is 26.8 Å². The molecule has 0 saturated carbocycles. The van der Waals surface area contributed by atoms with E-state index < -0.39 is 0 Å². The van der Waals surface area contributed by atoms with Crippen LogP contribution in [0, 0.1) is 12.8 Å². The molecule has 0 radical (unpaired) electrons. The number of amides is 1. The van der Waals surface area contributed by atoms with E-state index in [9.17, 15) is 4.79 Å². The van der Waals surface area contributed by atoms with Crippen LogP contribution in [0.1, 0.15) is 40.8 Å². The number of aryl methyl sites for hydroxylation is 1. The lowest BCUT2D eigenvalue weighted by molar-refractivity contribution is 0.0926. The molecule has 2 rings (SSSR count). The zero-order valence-corrected chi connectivity index (χ0v) is 12.5. The molecule has 4 nitrogen and oxygen atoms in total. The molecule has 2 aromatic heterocycles. The van der Waals surface area contributed by atoms with Crippen LogP contribution < -0.4 is 5.32 Å². The van der Waals surface area contributed by atoms with Crippen molar-refractivity contribution in [2.75, 3.05) is 0 Å². The molecule has 1 amide bonds. The van der Waals surface area contributed by atoms with Gasteiger partial charge < -0.3 is 5.32 Å². The van der Waals surface area contributed by atoms with Gasteiger partial charge in [0.2, 0.25) is 0 Å². The summed E-state index contributed by atoms with van der Waals surface area (Å²) in [5, 5.41) is 9.25. The van der Waals surface area contributed by atoms with Crippen molar-refractivity contribution in [3.05, 3.63) is 39.8 Å². The molecule has 0 bridgehead atoms. The Bertz CT molecular complexity index is 557. The summed E-state index contributed by atoms with van der Waals surface area (Å²) in [6.45, 7) is 6.12. The highest BCUT2D eigenvalue weighted by Gasteiger charge is 2.21. The molecule has 0 fully saturated rings. The van der Waals surface area contributed by atoms with Crippen LogP contribution in [0.3, 0.4) is 0 Å². The lowest BCUT2D eigenvalue weighted by Gasteiger charge is -2.21. The second-order valence-electron chi connectivity index (χ2n) is 4.98. The summed E-state index contributed by atoms with van der Waals surface area (Å²) in [7, 11) is 1.84. The number of hydrogen-bond acceptors (Lipinski definition) is 3. The minimum absolute atomic E-state index is 0.0482. The minimum Gasteiger partial charge on any atom is -0.344 e. The summed E-state index contributed by atoms with van der Waals surface area (Å²) in [5.41, 5.74) is 1.52. The van der Waals surface area contributed by atoms with Crippen molar-refractivity contribution in [3.63, 3.8) is 0 Å². The van der Waals surface area contributed by atoms with E-state index in [1.54, 1.807) is 22.2 Å². The zero-order chi connectivity index (χ0) is 14.0. The molecule has 1 atom stereocenters. The molecule has 0 aliphatic carbocycles. The number of rotatable bonds is 4. The first-order valence-electron chi connectivity index (χ1n) is 6.33. The van der Waals surface area contributed by atoms with Gasteiger partial charge in [-0.15, -0.1) is 11.3 Å². The lowest BCUT2D eigenvalue weighted by Crippen LogP contribution is -2.31. The highest BCUT2D eigenvalue weighted by atomic mass is 32.1. The van der Waals surface area contributed by atoms with Crippen LogP contribution in [0.4, 0.5) is 0 Å². The molecule has 2 heterocycles. The van der Waals surface area contributed by atoms with Gasteiger partial charge in [0.1, 0.15) is 0 Å². The SMILES string of the molecule is Cc1c(C(=O)N[C@H](c2cccs2)C(C)C)cnn1C. The maximum absolute atomic E-state index is 12.3. The quantitative estimate of drug-likeness (QED) is 0.934. The number of carbonyl (C=O) groups excluding carboxylic acids is 1. The highest BCUT2D eigenvalue weighted by molar-refractivity contribution is 7.10. The predicted molar refractivity (Wildman–Crippen MR) is 77.3 cm³/mol. The molecule has 19 heavy (non-hydrogen) atoms. The molecule has 0 aromatic carbocycles. The molecule has 5 heteroatoms. The molecule has 0 saturated heterocycles. The van der Waals surface area contributed by atoms with Gasteiger partial charge in [0.05, 0.1) is 17.8 Å². The summed E-state index contributed by atoms with van der Waals surface area (Å²) < 4.78 is 1.71. The van der Waals surface area contributed by atoms with Gasteiger partial charge in [0.25, 0.3) is 5.91 Å². The Morgan fingerprint density at radius 1 is 1.47 bits per heavy atom. The van der Waals surface area contributed by atoms with Gasteiger partial charge >= 0.3 is 0 Å². The standard InChI is InChI=1S/C14H19N3OS/c1-9(2)13(12-6-5-7-19-12)16-14(18)11-8-15-17(4)10(11)3/h5-9,13H,1-4H3,(H,16,18)/t13-/m0/s1. The average Bonchev–Trinajstić information content (AvgIpc) is 2.98. The zero-order valence-electron chi connectivity index (χ0n) is 11.7. The van der Waals surface area contributed by atoms with Gasteiger partial charge in [-0.1, -0.05) is 19.9 Å². The molecule has 0 unspecified atom stereocenters. The van der Waals surface area contributed by atoms with Gasteiger partial charge in [0, 0.05) is 17.6 Å². The number of nitrogens with zero attached hydrogens (tertiary/aromatic N) is 2. The van der Waals surface area contributed by atoms with Gasteiger partial charge in [-0.3, -0.25) is 9.48 Å². The van der Waals surface area contributed by atoms with Crippen molar-refractivity contribution in [2.24, 2.45) is 13.0 Å². The Morgan fingerprint density at radius 3 is 2.68 bits per heavy atom. The fourth-order valence-electron chi connectivity index (χ4n) is 1.98. The molecule has 0 aliphatic heterocycles. The third kappa shape index (κ3) is 2.87.